The molecule has 1 N–H and O–H groups in total. The number of hydrogen-bond donors (Lipinski definition) is 1. The molecule has 0 amide bonds. The largest absolute Gasteiger partial charge is 0.380 e. The standard InChI is InChI=1S/C12H17BrN4O/c1-4-8-6-10(17(5-2)15-8)12(18)11-9(13)7-14-16(11)3/h6-7,12,18H,4-5H2,1-3H3. The van der Waals surface area contributed by atoms with Crippen LogP contribution in [0.25, 0.3) is 0 Å². The monoisotopic (exact) mass is 312 g/mol. The van der Waals surface area contributed by atoms with Crippen molar-refractivity contribution in [3.8, 4) is 0 Å². The molecule has 0 saturated heterocycles. The predicted octanol–water partition coefficient (Wildman–Crippen LogP) is 2.04. The molecule has 18 heavy (non-hydrogen) atoms. The summed E-state index contributed by atoms with van der Waals surface area (Å²) in [6.07, 6.45) is 1.82. The first kappa shape index (κ1) is 13.3. The number of aliphatic hydroxyl groups is 1. The van der Waals surface area contributed by atoms with Crippen molar-refractivity contribution in [1.82, 2.24) is 19.6 Å². The SMILES string of the molecule is CCc1cc(C(O)c2c(Br)cnn2C)n(CC)n1. The van der Waals surface area contributed by atoms with Gasteiger partial charge in [0.2, 0.25) is 0 Å². The lowest BCUT2D eigenvalue weighted by Crippen LogP contribution is -2.12. The number of halogens is 1. The van der Waals surface area contributed by atoms with Crippen LogP contribution in [0.2, 0.25) is 0 Å². The summed E-state index contributed by atoms with van der Waals surface area (Å²) in [5, 5.41) is 19.1. The molecule has 2 rings (SSSR count). The minimum absolute atomic E-state index is 0.723. The molecule has 0 bridgehead atoms. The number of aliphatic hydroxyl groups excluding tert-OH is 1. The van der Waals surface area contributed by atoms with Crippen LogP contribution in [-0.2, 0) is 20.0 Å². The van der Waals surface area contributed by atoms with Gasteiger partial charge in [0, 0.05) is 13.6 Å². The van der Waals surface area contributed by atoms with Crippen molar-refractivity contribution in [2.45, 2.75) is 32.9 Å². The molecule has 98 valence electrons. The van der Waals surface area contributed by atoms with E-state index in [9.17, 15) is 5.11 Å². The summed E-state index contributed by atoms with van der Waals surface area (Å²) in [4.78, 5) is 0. The molecule has 1 atom stereocenters. The van der Waals surface area contributed by atoms with Crippen molar-refractivity contribution in [1.29, 1.82) is 0 Å². The van der Waals surface area contributed by atoms with Gasteiger partial charge < -0.3 is 5.11 Å². The molecule has 2 heterocycles. The van der Waals surface area contributed by atoms with Gasteiger partial charge in [0.15, 0.2) is 0 Å². The van der Waals surface area contributed by atoms with Gasteiger partial charge in [-0.15, -0.1) is 0 Å². The van der Waals surface area contributed by atoms with Crippen LogP contribution in [0, 0.1) is 0 Å². The van der Waals surface area contributed by atoms with E-state index in [1.807, 2.05) is 24.7 Å². The van der Waals surface area contributed by atoms with E-state index in [0.717, 1.165) is 34.5 Å². The van der Waals surface area contributed by atoms with Gasteiger partial charge in [-0.2, -0.15) is 10.2 Å². The maximum atomic E-state index is 10.5. The smallest absolute Gasteiger partial charge is 0.138 e. The van der Waals surface area contributed by atoms with Crippen molar-refractivity contribution < 1.29 is 5.11 Å². The molecule has 0 spiro atoms. The van der Waals surface area contributed by atoms with E-state index in [1.54, 1.807) is 10.9 Å². The fourth-order valence-corrected chi connectivity index (χ4v) is 2.57. The van der Waals surface area contributed by atoms with E-state index in [-0.39, 0.29) is 0 Å². The Morgan fingerprint density at radius 2 is 2.17 bits per heavy atom. The van der Waals surface area contributed by atoms with Crippen LogP contribution < -0.4 is 0 Å². The fraction of sp³-hybridized carbons (Fsp3) is 0.500. The Balaban J connectivity index is 2.45. The van der Waals surface area contributed by atoms with Gasteiger partial charge in [-0.05, 0) is 35.3 Å². The first-order chi connectivity index (χ1) is 8.58. The van der Waals surface area contributed by atoms with Gasteiger partial charge in [-0.25, -0.2) is 0 Å². The van der Waals surface area contributed by atoms with E-state index < -0.39 is 6.10 Å². The summed E-state index contributed by atoms with van der Waals surface area (Å²) < 4.78 is 4.32. The third-order valence-electron chi connectivity index (χ3n) is 3.00. The number of aryl methyl sites for hydroxylation is 3. The molecule has 2 aromatic heterocycles. The van der Waals surface area contributed by atoms with Crippen LogP contribution >= 0.6 is 15.9 Å². The van der Waals surface area contributed by atoms with Crippen molar-refractivity contribution >= 4 is 15.9 Å². The van der Waals surface area contributed by atoms with Crippen LogP contribution in [0.15, 0.2) is 16.7 Å². The summed E-state index contributed by atoms with van der Waals surface area (Å²) in [5.74, 6) is 0. The second-order valence-electron chi connectivity index (χ2n) is 4.13. The van der Waals surface area contributed by atoms with Crippen LogP contribution in [0.1, 0.15) is 37.0 Å². The first-order valence-corrected chi connectivity index (χ1v) is 6.79. The molecular formula is C12H17BrN4O. The molecule has 0 aromatic carbocycles. The van der Waals surface area contributed by atoms with Crippen molar-refractivity contribution in [3.05, 3.63) is 33.8 Å². The molecule has 6 heteroatoms. The lowest BCUT2D eigenvalue weighted by atomic mass is 10.1. The minimum Gasteiger partial charge on any atom is -0.380 e. The molecular weight excluding hydrogens is 296 g/mol. The Kier molecular flexibility index (Phi) is 3.87. The maximum Gasteiger partial charge on any atom is 0.138 e. The average molecular weight is 313 g/mol. The lowest BCUT2D eigenvalue weighted by Gasteiger charge is -2.13. The normalized spacial score (nSPS) is 12.9. The second kappa shape index (κ2) is 5.24. The molecule has 0 aliphatic carbocycles. The third-order valence-corrected chi connectivity index (χ3v) is 3.61. The number of rotatable bonds is 4. The Morgan fingerprint density at radius 3 is 2.67 bits per heavy atom. The molecule has 0 radical (unpaired) electrons. The third kappa shape index (κ3) is 2.22. The number of aromatic nitrogens is 4. The van der Waals surface area contributed by atoms with E-state index >= 15 is 0 Å². The molecule has 2 aromatic rings. The predicted molar refractivity (Wildman–Crippen MR) is 72.2 cm³/mol. The summed E-state index contributed by atoms with van der Waals surface area (Å²) in [7, 11) is 1.82. The Bertz CT molecular complexity index is 527. The van der Waals surface area contributed by atoms with Crippen molar-refractivity contribution in [2.75, 3.05) is 0 Å². The molecule has 0 aliphatic heterocycles. The van der Waals surface area contributed by atoms with E-state index in [4.69, 9.17) is 0 Å². The van der Waals surface area contributed by atoms with Crippen LogP contribution in [-0.4, -0.2) is 24.7 Å². The highest BCUT2D eigenvalue weighted by molar-refractivity contribution is 9.10. The molecule has 0 saturated carbocycles. The number of hydrogen-bond acceptors (Lipinski definition) is 3. The quantitative estimate of drug-likeness (QED) is 0.940. The van der Waals surface area contributed by atoms with Gasteiger partial charge >= 0.3 is 0 Å². The lowest BCUT2D eigenvalue weighted by molar-refractivity contribution is 0.197. The Labute approximate surface area is 115 Å². The molecule has 1 unspecified atom stereocenters. The van der Waals surface area contributed by atoms with Crippen LogP contribution in [0.3, 0.4) is 0 Å². The van der Waals surface area contributed by atoms with E-state index in [0.29, 0.717) is 0 Å². The van der Waals surface area contributed by atoms with Gasteiger partial charge in [-0.1, -0.05) is 6.92 Å². The Hall–Kier alpha value is -1.14. The van der Waals surface area contributed by atoms with Crippen LogP contribution in [0.4, 0.5) is 0 Å². The fourth-order valence-electron chi connectivity index (χ4n) is 2.00. The molecule has 5 nitrogen and oxygen atoms in total. The van der Waals surface area contributed by atoms with E-state index in [1.165, 1.54) is 0 Å². The summed E-state index contributed by atoms with van der Waals surface area (Å²) in [6.45, 7) is 4.81. The van der Waals surface area contributed by atoms with Gasteiger partial charge in [-0.3, -0.25) is 9.36 Å². The first-order valence-electron chi connectivity index (χ1n) is 6.00. The van der Waals surface area contributed by atoms with Gasteiger partial charge in [0.25, 0.3) is 0 Å². The van der Waals surface area contributed by atoms with Gasteiger partial charge in [0.05, 0.1) is 27.8 Å². The zero-order valence-corrected chi connectivity index (χ0v) is 12.3. The Morgan fingerprint density at radius 1 is 1.44 bits per heavy atom. The van der Waals surface area contributed by atoms with E-state index in [2.05, 4.69) is 33.1 Å². The molecule has 0 fully saturated rings. The number of nitrogens with zero attached hydrogens (tertiary/aromatic N) is 4. The summed E-state index contributed by atoms with van der Waals surface area (Å²) in [5.41, 5.74) is 2.54. The van der Waals surface area contributed by atoms with Crippen LogP contribution in [0.5, 0.6) is 0 Å². The van der Waals surface area contributed by atoms with Gasteiger partial charge in [0.1, 0.15) is 6.10 Å². The zero-order valence-electron chi connectivity index (χ0n) is 10.8. The highest BCUT2D eigenvalue weighted by Crippen LogP contribution is 2.28. The highest BCUT2D eigenvalue weighted by Gasteiger charge is 2.22. The van der Waals surface area contributed by atoms with Crippen molar-refractivity contribution in [2.24, 2.45) is 7.05 Å². The summed E-state index contributed by atoms with van der Waals surface area (Å²) >= 11 is 3.41. The second-order valence-corrected chi connectivity index (χ2v) is 4.99. The summed E-state index contributed by atoms with van der Waals surface area (Å²) in [6, 6.07) is 1.95. The zero-order chi connectivity index (χ0) is 13.3. The maximum absolute atomic E-state index is 10.5. The van der Waals surface area contributed by atoms with Crippen molar-refractivity contribution in [3.63, 3.8) is 0 Å². The topological polar surface area (TPSA) is 55.9 Å². The highest BCUT2D eigenvalue weighted by atomic mass is 79.9. The molecule has 0 aliphatic rings. The minimum atomic E-state index is -0.723. The average Bonchev–Trinajstić information content (AvgIpc) is 2.92.